The van der Waals surface area contributed by atoms with Gasteiger partial charge in [0.1, 0.15) is 0 Å². The van der Waals surface area contributed by atoms with Crippen molar-refractivity contribution in [2.45, 2.75) is 56.9 Å². The molecule has 1 aliphatic heterocycles. The summed E-state index contributed by atoms with van der Waals surface area (Å²) in [6, 6.07) is 0. The SMILES string of the molecule is COCC(CN)(C1CC1)N1CCC2(CCCC2)CC1. The van der Waals surface area contributed by atoms with Gasteiger partial charge in [0.15, 0.2) is 0 Å². The Morgan fingerprint density at radius 3 is 2.26 bits per heavy atom. The maximum atomic E-state index is 6.19. The first-order valence-corrected chi connectivity index (χ1v) is 8.19. The molecule has 1 heterocycles. The summed E-state index contributed by atoms with van der Waals surface area (Å²) in [5, 5.41) is 0. The monoisotopic (exact) mass is 266 g/mol. The molecule has 1 unspecified atom stereocenters. The van der Waals surface area contributed by atoms with Crippen molar-refractivity contribution in [3.05, 3.63) is 0 Å². The van der Waals surface area contributed by atoms with Gasteiger partial charge < -0.3 is 10.5 Å². The highest BCUT2D eigenvalue weighted by Gasteiger charge is 2.50. The Hall–Kier alpha value is -0.120. The van der Waals surface area contributed by atoms with E-state index >= 15 is 0 Å². The zero-order valence-electron chi connectivity index (χ0n) is 12.5. The van der Waals surface area contributed by atoms with Crippen LogP contribution < -0.4 is 5.73 Å². The molecule has 0 aromatic carbocycles. The molecule has 3 nitrogen and oxygen atoms in total. The van der Waals surface area contributed by atoms with Crippen LogP contribution in [0.5, 0.6) is 0 Å². The Bertz CT molecular complexity index is 300. The molecule has 3 rings (SSSR count). The van der Waals surface area contributed by atoms with Gasteiger partial charge in [0.05, 0.1) is 12.1 Å². The van der Waals surface area contributed by atoms with Crippen LogP contribution in [-0.4, -0.2) is 43.8 Å². The van der Waals surface area contributed by atoms with Gasteiger partial charge in [-0.25, -0.2) is 0 Å². The van der Waals surface area contributed by atoms with E-state index in [0.717, 1.165) is 19.1 Å². The summed E-state index contributed by atoms with van der Waals surface area (Å²) in [6.07, 6.45) is 11.4. The fraction of sp³-hybridized carbons (Fsp3) is 1.00. The average Bonchev–Trinajstić information content (AvgIpc) is 3.20. The summed E-state index contributed by atoms with van der Waals surface area (Å²) in [5.74, 6) is 0.787. The van der Waals surface area contributed by atoms with E-state index in [1.54, 1.807) is 0 Å². The molecule has 0 bridgehead atoms. The summed E-state index contributed by atoms with van der Waals surface area (Å²) in [7, 11) is 1.83. The summed E-state index contributed by atoms with van der Waals surface area (Å²) in [6.45, 7) is 4.08. The number of ether oxygens (including phenoxy) is 1. The molecule has 1 atom stereocenters. The Kier molecular flexibility index (Phi) is 3.89. The van der Waals surface area contributed by atoms with Crippen LogP contribution in [0.2, 0.25) is 0 Å². The molecule has 0 amide bonds. The third-order valence-electron chi connectivity index (χ3n) is 6.20. The smallest absolute Gasteiger partial charge is 0.0661 e. The van der Waals surface area contributed by atoms with Crippen molar-refractivity contribution < 1.29 is 4.74 Å². The fourth-order valence-electron chi connectivity index (χ4n) is 4.74. The first kappa shape index (κ1) is 13.8. The summed E-state index contributed by atoms with van der Waals surface area (Å²) in [5.41, 5.74) is 7.04. The number of hydrogen-bond donors (Lipinski definition) is 1. The highest BCUT2D eigenvalue weighted by Crippen LogP contribution is 2.50. The van der Waals surface area contributed by atoms with Crippen LogP contribution >= 0.6 is 0 Å². The summed E-state index contributed by atoms with van der Waals surface area (Å²) >= 11 is 0. The van der Waals surface area contributed by atoms with Crippen LogP contribution in [0.3, 0.4) is 0 Å². The minimum absolute atomic E-state index is 0.148. The Balaban J connectivity index is 1.67. The van der Waals surface area contributed by atoms with Crippen molar-refractivity contribution in [3.63, 3.8) is 0 Å². The maximum Gasteiger partial charge on any atom is 0.0661 e. The molecule has 3 fully saturated rings. The molecule has 2 N–H and O–H groups in total. The second kappa shape index (κ2) is 5.34. The van der Waals surface area contributed by atoms with E-state index < -0.39 is 0 Å². The number of nitrogens with zero attached hydrogens (tertiary/aromatic N) is 1. The molecule has 2 aliphatic carbocycles. The lowest BCUT2D eigenvalue weighted by molar-refractivity contribution is -0.0346. The van der Waals surface area contributed by atoms with Crippen molar-refractivity contribution in [1.29, 1.82) is 0 Å². The number of piperidine rings is 1. The minimum atomic E-state index is 0.148. The first-order chi connectivity index (χ1) is 9.25. The van der Waals surface area contributed by atoms with Crippen molar-refractivity contribution in [1.82, 2.24) is 4.90 Å². The first-order valence-electron chi connectivity index (χ1n) is 8.19. The molecule has 0 radical (unpaired) electrons. The van der Waals surface area contributed by atoms with Crippen LogP contribution in [0.15, 0.2) is 0 Å². The zero-order chi connectivity index (χ0) is 13.3. The summed E-state index contributed by atoms with van der Waals surface area (Å²) in [4.78, 5) is 2.69. The van der Waals surface area contributed by atoms with Gasteiger partial charge in [0.2, 0.25) is 0 Å². The molecule has 2 saturated carbocycles. The lowest BCUT2D eigenvalue weighted by Gasteiger charge is -2.49. The van der Waals surface area contributed by atoms with Gasteiger partial charge in [-0.3, -0.25) is 4.90 Å². The molecule has 1 spiro atoms. The summed E-state index contributed by atoms with van der Waals surface area (Å²) < 4.78 is 5.55. The third kappa shape index (κ3) is 2.45. The normalized spacial score (nSPS) is 30.6. The number of hydrogen-bond acceptors (Lipinski definition) is 3. The van der Waals surface area contributed by atoms with Crippen molar-refractivity contribution in [2.75, 3.05) is 33.4 Å². The standard InChI is InChI=1S/C16H30N2O/c1-19-13-16(12-17,14-4-5-14)18-10-8-15(9-11-18)6-2-3-7-15/h14H,2-13,17H2,1H3. The van der Waals surface area contributed by atoms with Crippen LogP contribution in [0.4, 0.5) is 0 Å². The van der Waals surface area contributed by atoms with E-state index in [0.29, 0.717) is 5.41 Å². The van der Waals surface area contributed by atoms with Crippen LogP contribution in [0, 0.1) is 11.3 Å². The second-order valence-corrected chi connectivity index (χ2v) is 7.21. The Labute approximate surface area is 117 Å². The molecule has 1 saturated heterocycles. The predicted octanol–water partition coefficient (Wildman–Crippen LogP) is 2.40. The third-order valence-corrected chi connectivity index (χ3v) is 6.20. The van der Waals surface area contributed by atoms with Gasteiger partial charge in [0.25, 0.3) is 0 Å². The molecule has 110 valence electrons. The van der Waals surface area contributed by atoms with Gasteiger partial charge >= 0.3 is 0 Å². The van der Waals surface area contributed by atoms with Crippen LogP contribution in [-0.2, 0) is 4.74 Å². The van der Waals surface area contributed by atoms with Gasteiger partial charge in [-0.05, 0) is 62.9 Å². The molecular weight excluding hydrogens is 236 g/mol. The molecule has 0 aromatic rings. The lowest BCUT2D eigenvalue weighted by atomic mass is 9.75. The van der Waals surface area contributed by atoms with Crippen molar-refractivity contribution in [2.24, 2.45) is 17.1 Å². The van der Waals surface area contributed by atoms with Crippen molar-refractivity contribution >= 4 is 0 Å². The molecule has 0 aromatic heterocycles. The van der Waals surface area contributed by atoms with Crippen LogP contribution in [0.25, 0.3) is 0 Å². The molecule has 3 heteroatoms. The molecule has 19 heavy (non-hydrogen) atoms. The van der Waals surface area contributed by atoms with E-state index in [2.05, 4.69) is 4.90 Å². The maximum absolute atomic E-state index is 6.19. The Morgan fingerprint density at radius 1 is 1.16 bits per heavy atom. The van der Waals surface area contributed by atoms with Gasteiger partial charge in [-0.1, -0.05) is 12.8 Å². The van der Waals surface area contributed by atoms with E-state index in [1.807, 2.05) is 7.11 Å². The minimum Gasteiger partial charge on any atom is -0.383 e. The second-order valence-electron chi connectivity index (χ2n) is 7.21. The van der Waals surface area contributed by atoms with E-state index in [4.69, 9.17) is 10.5 Å². The van der Waals surface area contributed by atoms with Crippen LogP contribution in [0.1, 0.15) is 51.4 Å². The quantitative estimate of drug-likeness (QED) is 0.830. The highest BCUT2D eigenvalue weighted by atomic mass is 16.5. The Morgan fingerprint density at radius 2 is 1.79 bits per heavy atom. The van der Waals surface area contributed by atoms with Gasteiger partial charge in [-0.2, -0.15) is 0 Å². The highest BCUT2D eigenvalue weighted by molar-refractivity contribution is 5.05. The lowest BCUT2D eigenvalue weighted by Crippen LogP contribution is -2.61. The molecular formula is C16H30N2O. The fourth-order valence-corrected chi connectivity index (χ4v) is 4.74. The van der Waals surface area contributed by atoms with E-state index in [-0.39, 0.29) is 5.54 Å². The number of methoxy groups -OCH3 is 1. The van der Waals surface area contributed by atoms with E-state index in [1.165, 1.54) is 64.5 Å². The molecule has 3 aliphatic rings. The van der Waals surface area contributed by atoms with Gasteiger partial charge in [-0.15, -0.1) is 0 Å². The average molecular weight is 266 g/mol. The number of likely N-dealkylation sites (tertiary alicyclic amines) is 1. The number of rotatable bonds is 5. The topological polar surface area (TPSA) is 38.5 Å². The number of nitrogens with two attached hydrogens (primary N) is 1. The zero-order valence-corrected chi connectivity index (χ0v) is 12.5. The van der Waals surface area contributed by atoms with E-state index in [9.17, 15) is 0 Å². The largest absolute Gasteiger partial charge is 0.383 e. The predicted molar refractivity (Wildman–Crippen MR) is 78.1 cm³/mol. The van der Waals surface area contributed by atoms with Gasteiger partial charge in [0, 0.05) is 13.7 Å². The van der Waals surface area contributed by atoms with Crippen molar-refractivity contribution in [3.8, 4) is 0 Å².